The van der Waals surface area contributed by atoms with Gasteiger partial charge < -0.3 is 14.5 Å². The van der Waals surface area contributed by atoms with Crippen molar-refractivity contribution in [2.24, 2.45) is 0 Å². The molecule has 8 heteroatoms. The van der Waals surface area contributed by atoms with E-state index in [0.29, 0.717) is 16.6 Å². The SMILES string of the molecule is CCC1CCCCN1C(=O)COC(=O)c1cccnc1SCC(=O)N1CCCCC1CC. The van der Waals surface area contributed by atoms with E-state index in [0.717, 1.165) is 58.0 Å². The smallest absolute Gasteiger partial charge is 0.341 e. The van der Waals surface area contributed by atoms with E-state index in [1.165, 1.54) is 18.2 Å². The molecule has 0 spiro atoms. The van der Waals surface area contributed by atoms with Crippen molar-refractivity contribution in [1.82, 2.24) is 14.8 Å². The van der Waals surface area contributed by atoms with Gasteiger partial charge in [0.25, 0.3) is 5.91 Å². The number of aromatic nitrogens is 1. The van der Waals surface area contributed by atoms with E-state index < -0.39 is 5.97 Å². The quantitative estimate of drug-likeness (QED) is 0.431. The average molecular weight is 462 g/mol. The van der Waals surface area contributed by atoms with Gasteiger partial charge in [0.1, 0.15) is 5.03 Å². The minimum absolute atomic E-state index is 0.0809. The maximum absolute atomic E-state index is 12.8. The number of likely N-dealkylation sites (tertiary alicyclic amines) is 2. The van der Waals surface area contributed by atoms with Crippen LogP contribution >= 0.6 is 11.8 Å². The largest absolute Gasteiger partial charge is 0.452 e. The second kappa shape index (κ2) is 12.2. The van der Waals surface area contributed by atoms with Crippen LogP contribution in [-0.2, 0) is 14.3 Å². The Hall–Kier alpha value is -2.09. The lowest BCUT2D eigenvalue weighted by atomic mass is 10.00. The zero-order valence-electron chi connectivity index (χ0n) is 19.3. The first-order valence-electron chi connectivity index (χ1n) is 11.9. The van der Waals surface area contributed by atoms with Crippen LogP contribution in [0.4, 0.5) is 0 Å². The fourth-order valence-corrected chi connectivity index (χ4v) is 5.54. The minimum Gasteiger partial charge on any atom is -0.452 e. The molecule has 176 valence electrons. The molecule has 2 unspecified atom stereocenters. The summed E-state index contributed by atoms with van der Waals surface area (Å²) in [5.41, 5.74) is 0.300. The van der Waals surface area contributed by atoms with Gasteiger partial charge in [-0.05, 0) is 63.5 Å². The lowest BCUT2D eigenvalue weighted by Crippen LogP contribution is -2.45. The van der Waals surface area contributed by atoms with E-state index >= 15 is 0 Å². The molecule has 2 amide bonds. The summed E-state index contributed by atoms with van der Waals surface area (Å²) in [6.45, 7) is 5.45. The summed E-state index contributed by atoms with van der Waals surface area (Å²) in [6, 6.07) is 3.84. The standard InChI is InChI=1S/C24H35N3O4S/c1-3-18-10-5-7-14-26(18)21(28)16-31-24(30)20-12-9-13-25-23(20)32-17-22(29)27-15-8-6-11-19(27)4-2/h9,12-13,18-19H,3-8,10-11,14-17H2,1-2H3. The van der Waals surface area contributed by atoms with Crippen LogP contribution < -0.4 is 0 Å². The van der Waals surface area contributed by atoms with Gasteiger partial charge in [-0.2, -0.15) is 0 Å². The summed E-state index contributed by atoms with van der Waals surface area (Å²) >= 11 is 1.26. The number of rotatable bonds is 8. The molecular weight excluding hydrogens is 426 g/mol. The lowest BCUT2D eigenvalue weighted by molar-refractivity contribution is -0.138. The number of esters is 1. The van der Waals surface area contributed by atoms with Gasteiger partial charge in [0.2, 0.25) is 5.91 Å². The Bertz CT molecular complexity index is 803. The Labute approximate surface area is 195 Å². The van der Waals surface area contributed by atoms with Gasteiger partial charge in [0, 0.05) is 31.4 Å². The van der Waals surface area contributed by atoms with Crippen molar-refractivity contribution in [3.63, 3.8) is 0 Å². The van der Waals surface area contributed by atoms with E-state index in [9.17, 15) is 14.4 Å². The first-order chi connectivity index (χ1) is 15.5. The highest BCUT2D eigenvalue weighted by molar-refractivity contribution is 8.00. The predicted molar refractivity (Wildman–Crippen MR) is 125 cm³/mol. The first kappa shape index (κ1) is 24.6. The van der Waals surface area contributed by atoms with Crippen molar-refractivity contribution < 1.29 is 19.1 Å². The van der Waals surface area contributed by atoms with Crippen molar-refractivity contribution in [3.05, 3.63) is 23.9 Å². The number of carbonyl (C=O) groups excluding carboxylic acids is 3. The van der Waals surface area contributed by atoms with Crippen LogP contribution in [0.15, 0.2) is 23.4 Å². The normalized spacial score (nSPS) is 21.3. The predicted octanol–water partition coefficient (Wildman–Crippen LogP) is 3.91. The Morgan fingerprint density at radius 1 is 1.00 bits per heavy atom. The lowest BCUT2D eigenvalue weighted by Gasteiger charge is -2.35. The van der Waals surface area contributed by atoms with Crippen LogP contribution in [0.5, 0.6) is 0 Å². The van der Waals surface area contributed by atoms with Crippen LogP contribution in [0.25, 0.3) is 0 Å². The highest BCUT2D eigenvalue weighted by Crippen LogP contribution is 2.25. The molecule has 3 rings (SSSR count). The van der Waals surface area contributed by atoms with Gasteiger partial charge >= 0.3 is 5.97 Å². The molecule has 2 aliphatic heterocycles. The molecule has 1 aromatic heterocycles. The number of ether oxygens (including phenoxy) is 1. The Kier molecular flexibility index (Phi) is 9.38. The summed E-state index contributed by atoms with van der Waals surface area (Å²) in [5, 5.41) is 0.466. The second-order valence-electron chi connectivity index (χ2n) is 8.51. The van der Waals surface area contributed by atoms with E-state index in [2.05, 4.69) is 18.8 Å². The average Bonchev–Trinajstić information content (AvgIpc) is 2.85. The Morgan fingerprint density at radius 3 is 2.25 bits per heavy atom. The zero-order chi connectivity index (χ0) is 22.9. The van der Waals surface area contributed by atoms with Crippen molar-refractivity contribution >= 4 is 29.5 Å². The number of amides is 2. The summed E-state index contributed by atoms with van der Waals surface area (Å²) in [4.78, 5) is 46.2. The van der Waals surface area contributed by atoms with E-state index in [1.807, 2.05) is 9.80 Å². The molecule has 0 bridgehead atoms. The molecular formula is C24H35N3O4S. The number of nitrogens with zero attached hydrogens (tertiary/aromatic N) is 3. The van der Waals surface area contributed by atoms with Gasteiger partial charge in [0.05, 0.1) is 11.3 Å². The molecule has 7 nitrogen and oxygen atoms in total. The second-order valence-corrected chi connectivity index (χ2v) is 9.47. The third-order valence-electron chi connectivity index (χ3n) is 6.49. The summed E-state index contributed by atoms with van der Waals surface area (Å²) in [7, 11) is 0. The molecule has 0 N–H and O–H groups in total. The Morgan fingerprint density at radius 2 is 1.62 bits per heavy atom. The summed E-state index contributed by atoms with van der Waals surface area (Å²) in [6.07, 6.45) is 9.86. The molecule has 2 atom stereocenters. The van der Waals surface area contributed by atoms with Gasteiger partial charge in [0.15, 0.2) is 6.61 Å². The third-order valence-corrected chi connectivity index (χ3v) is 7.48. The van der Waals surface area contributed by atoms with E-state index in [4.69, 9.17) is 4.74 Å². The number of hydrogen-bond acceptors (Lipinski definition) is 6. The monoisotopic (exact) mass is 461 g/mol. The third kappa shape index (κ3) is 6.24. The molecule has 2 saturated heterocycles. The molecule has 3 heterocycles. The van der Waals surface area contributed by atoms with Crippen molar-refractivity contribution in [3.8, 4) is 0 Å². The van der Waals surface area contributed by atoms with Crippen molar-refractivity contribution in [1.29, 1.82) is 0 Å². The highest BCUT2D eigenvalue weighted by atomic mass is 32.2. The number of pyridine rings is 1. The fourth-order valence-electron chi connectivity index (χ4n) is 4.67. The molecule has 1 aromatic rings. The fraction of sp³-hybridized carbons (Fsp3) is 0.667. The maximum Gasteiger partial charge on any atom is 0.341 e. The molecule has 2 aliphatic rings. The maximum atomic E-state index is 12.8. The van der Waals surface area contributed by atoms with Gasteiger partial charge in [-0.1, -0.05) is 25.6 Å². The summed E-state index contributed by atoms with van der Waals surface area (Å²) in [5.74, 6) is -0.402. The van der Waals surface area contributed by atoms with Crippen LogP contribution in [0.3, 0.4) is 0 Å². The Balaban J connectivity index is 1.56. The molecule has 2 fully saturated rings. The van der Waals surface area contributed by atoms with Crippen LogP contribution in [0.1, 0.15) is 75.6 Å². The molecule has 0 radical (unpaired) electrons. The van der Waals surface area contributed by atoms with Crippen molar-refractivity contribution in [2.45, 2.75) is 82.3 Å². The number of thioether (sulfide) groups is 1. The van der Waals surface area contributed by atoms with Gasteiger partial charge in [-0.25, -0.2) is 9.78 Å². The van der Waals surface area contributed by atoms with Gasteiger partial charge in [-0.15, -0.1) is 0 Å². The van der Waals surface area contributed by atoms with Crippen molar-refractivity contribution in [2.75, 3.05) is 25.4 Å². The number of piperidine rings is 2. The highest BCUT2D eigenvalue weighted by Gasteiger charge is 2.28. The molecule has 0 saturated carbocycles. The molecule has 0 aromatic carbocycles. The van der Waals surface area contributed by atoms with Crippen LogP contribution in [0, 0.1) is 0 Å². The summed E-state index contributed by atoms with van der Waals surface area (Å²) < 4.78 is 5.36. The minimum atomic E-state index is -0.573. The van der Waals surface area contributed by atoms with Gasteiger partial charge in [-0.3, -0.25) is 9.59 Å². The topological polar surface area (TPSA) is 79.8 Å². The first-order valence-corrected chi connectivity index (χ1v) is 12.9. The van der Waals surface area contributed by atoms with Crippen LogP contribution in [-0.4, -0.2) is 70.1 Å². The van der Waals surface area contributed by atoms with Crippen LogP contribution in [0.2, 0.25) is 0 Å². The molecule has 0 aliphatic carbocycles. The zero-order valence-corrected chi connectivity index (χ0v) is 20.1. The van der Waals surface area contributed by atoms with E-state index in [1.54, 1.807) is 18.3 Å². The van der Waals surface area contributed by atoms with E-state index in [-0.39, 0.29) is 30.2 Å². The number of hydrogen-bond donors (Lipinski definition) is 0. The molecule has 32 heavy (non-hydrogen) atoms. The number of carbonyl (C=O) groups is 3.